The van der Waals surface area contributed by atoms with Crippen molar-refractivity contribution in [2.45, 2.75) is 23.0 Å². The Morgan fingerprint density at radius 1 is 0.933 bits per heavy atom. The quantitative estimate of drug-likeness (QED) is 0.628. The van der Waals surface area contributed by atoms with Gasteiger partial charge in [-0.3, -0.25) is 4.79 Å². The lowest BCUT2D eigenvalue weighted by Gasteiger charge is -2.32. The summed E-state index contributed by atoms with van der Waals surface area (Å²) in [5.41, 5.74) is 1.60. The van der Waals surface area contributed by atoms with Crippen molar-refractivity contribution in [3.63, 3.8) is 0 Å². The van der Waals surface area contributed by atoms with Gasteiger partial charge in [0.25, 0.3) is 5.91 Å². The molecule has 156 valence electrons. The molecule has 4 rings (SSSR count). The van der Waals surface area contributed by atoms with Crippen molar-refractivity contribution in [3.8, 4) is 11.4 Å². The van der Waals surface area contributed by atoms with E-state index in [-0.39, 0.29) is 5.91 Å². The van der Waals surface area contributed by atoms with E-state index >= 15 is 0 Å². The highest BCUT2D eigenvalue weighted by atomic mass is 32.2. The highest BCUT2D eigenvalue weighted by Gasteiger charge is 2.33. The van der Waals surface area contributed by atoms with E-state index in [2.05, 4.69) is 0 Å². The monoisotopic (exact) mass is 424 g/mol. The second-order valence-electron chi connectivity index (χ2n) is 7.35. The zero-order chi connectivity index (χ0) is 21.1. The van der Waals surface area contributed by atoms with E-state index < -0.39 is 15.1 Å². The molecular weight excluding hydrogens is 400 g/mol. The molecule has 0 N–H and O–H groups in total. The Balaban J connectivity index is 1.40. The van der Waals surface area contributed by atoms with Crippen LogP contribution in [0.25, 0.3) is 5.69 Å². The molecule has 1 aliphatic heterocycles. The van der Waals surface area contributed by atoms with Crippen molar-refractivity contribution in [2.24, 2.45) is 0 Å². The first-order chi connectivity index (χ1) is 14.5. The fraction of sp³-hybridized carbons (Fsp3) is 0.261. The van der Waals surface area contributed by atoms with Crippen molar-refractivity contribution >= 4 is 15.7 Å². The normalized spacial score (nSPS) is 15.2. The van der Waals surface area contributed by atoms with Gasteiger partial charge in [-0.05, 0) is 73.5 Å². The molecule has 1 aromatic heterocycles. The summed E-state index contributed by atoms with van der Waals surface area (Å²) in [4.78, 5) is 14.9. The number of carbonyl (C=O) groups excluding carboxylic acids is 1. The van der Waals surface area contributed by atoms with E-state index in [0.29, 0.717) is 42.1 Å². The van der Waals surface area contributed by atoms with E-state index in [9.17, 15) is 13.2 Å². The van der Waals surface area contributed by atoms with E-state index in [4.69, 9.17) is 4.74 Å². The second-order valence-corrected chi connectivity index (χ2v) is 9.58. The van der Waals surface area contributed by atoms with Gasteiger partial charge in [-0.15, -0.1) is 0 Å². The Morgan fingerprint density at radius 3 is 2.10 bits per heavy atom. The highest BCUT2D eigenvalue weighted by molar-refractivity contribution is 7.92. The molecule has 3 aromatic rings. The fourth-order valence-corrected chi connectivity index (χ4v) is 5.52. The van der Waals surface area contributed by atoms with Gasteiger partial charge < -0.3 is 14.2 Å². The average Bonchev–Trinajstić information content (AvgIpc) is 3.34. The number of sulfone groups is 1. The van der Waals surface area contributed by atoms with Gasteiger partial charge in [-0.2, -0.15) is 0 Å². The maximum absolute atomic E-state index is 12.9. The number of methoxy groups -OCH3 is 1. The van der Waals surface area contributed by atoms with Gasteiger partial charge in [0.05, 0.1) is 17.3 Å². The van der Waals surface area contributed by atoms with Crippen LogP contribution in [0.5, 0.6) is 5.75 Å². The number of aromatic nitrogens is 1. The van der Waals surface area contributed by atoms with Crippen LogP contribution in [0.2, 0.25) is 0 Å². The van der Waals surface area contributed by atoms with Gasteiger partial charge in [0.1, 0.15) is 5.75 Å². The number of ether oxygens (including phenoxy) is 1. The minimum atomic E-state index is -3.43. The number of hydrogen-bond donors (Lipinski definition) is 0. The Kier molecular flexibility index (Phi) is 5.63. The molecule has 0 bridgehead atoms. The summed E-state index contributed by atoms with van der Waals surface area (Å²) < 4.78 is 32.9. The predicted octanol–water partition coefficient (Wildman–Crippen LogP) is 3.56. The summed E-state index contributed by atoms with van der Waals surface area (Å²) in [7, 11) is -1.88. The number of nitrogens with zero attached hydrogens (tertiary/aromatic N) is 2. The first-order valence-electron chi connectivity index (χ1n) is 9.89. The minimum absolute atomic E-state index is 0.0608. The van der Waals surface area contributed by atoms with Crippen LogP contribution in [0.4, 0.5) is 0 Å². The van der Waals surface area contributed by atoms with Crippen LogP contribution in [0.3, 0.4) is 0 Å². The van der Waals surface area contributed by atoms with E-state index in [1.54, 1.807) is 36.3 Å². The molecule has 1 aliphatic rings. The smallest absolute Gasteiger partial charge is 0.253 e. The van der Waals surface area contributed by atoms with Crippen LogP contribution >= 0.6 is 0 Å². The summed E-state index contributed by atoms with van der Waals surface area (Å²) in [6, 6.07) is 17.8. The maximum Gasteiger partial charge on any atom is 0.253 e. The third-order valence-electron chi connectivity index (χ3n) is 5.57. The first-order valence-corrected chi connectivity index (χ1v) is 11.4. The summed E-state index contributed by atoms with van der Waals surface area (Å²) in [5, 5.41) is -0.480. The van der Waals surface area contributed by atoms with Crippen LogP contribution in [-0.2, 0) is 9.84 Å². The number of rotatable bonds is 5. The highest BCUT2D eigenvalue weighted by Crippen LogP contribution is 2.27. The molecule has 1 amide bonds. The molecule has 0 spiro atoms. The third kappa shape index (κ3) is 3.98. The third-order valence-corrected chi connectivity index (χ3v) is 7.85. The summed E-state index contributed by atoms with van der Waals surface area (Å²) in [6.45, 7) is 0.858. The molecule has 0 unspecified atom stereocenters. The average molecular weight is 425 g/mol. The molecule has 0 saturated carbocycles. The van der Waals surface area contributed by atoms with Crippen molar-refractivity contribution in [1.29, 1.82) is 0 Å². The Morgan fingerprint density at radius 2 is 1.53 bits per heavy atom. The molecule has 0 atom stereocenters. The zero-order valence-corrected chi connectivity index (χ0v) is 17.6. The number of carbonyl (C=O) groups is 1. The molecular formula is C23H24N2O4S. The van der Waals surface area contributed by atoms with Crippen LogP contribution in [0.15, 0.2) is 78.0 Å². The van der Waals surface area contributed by atoms with E-state index in [1.165, 1.54) is 0 Å². The molecule has 2 heterocycles. The van der Waals surface area contributed by atoms with Crippen molar-refractivity contribution in [1.82, 2.24) is 9.47 Å². The van der Waals surface area contributed by atoms with Crippen molar-refractivity contribution in [2.75, 3.05) is 20.2 Å². The topological polar surface area (TPSA) is 68.6 Å². The largest absolute Gasteiger partial charge is 0.497 e. The lowest BCUT2D eigenvalue weighted by atomic mass is 10.1. The maximum atomic E-state index is 12.9. The Labute approximate surface area is 176 Å². The van der Waals surface area contributed by atoms with Crippen LogP contribution in [0, 0.1) is 0 Å². The molecule has 7 heteroatoms. The minimum Gasteiger partial charge on any atom is -0.497 e. The van der Waals surface area contributed by atoms with Gasteiger partial charge in [0.2, 0.25) is 0 Å². The summed E-state index contributed by atoms with van der Waals surface area (Å²) in [6.07, 6.45) is 4.76. The number of piperidine rings is 1. The number of hydrogen-bond acceptors (Lipinski definition) is 4. The van der Waals surface area contributed by atoms with Gasteiger partial charge in [-0.1, -0.05) is 0 Å². The van der Waals surface area contributed by atoms with Crippen LogP contribution in [0.1, 0.15) is 23.2 Å². The van der Waals surface area contributed by atoms with Crippen molar-refractivity contribution < 1.29 is 17.9 Å². The van der Waals surface area contributed by atoms with Crippen LogP contribution < -0.4 is 4.74 Å². The SMILES string of the molecule is COc1ccc(S(=O)(=O)C2CCN(C(=O)c3ccc(-n4cccc4)cc3)CC2)cc1. The van der Waals surface area contributed by atoms with Crippen molar-refractivity contribution in [3.05, 3.63) is 78.6 Å². The van der Waals surface area contributed by atoms with Gasteiger partial charge in [0, 0.05) is 36.7 Å². The van der Waals surface area contributed by atoms with E-state index in [1.807, 2.05) is 53.4 Å². The molecule has 0 aliphatic carbocycles. The Bertz CT molecular complexity index is 1100. The molecule has 1 saturated heterocycles. The molecule has 0 radical (unpaired) electrons. The van der Waals surface area contributed by atoms with Crippen LogP contribution in [-0.4, -0.2) is 49.2 Å². The molecule has 6 nitrogen and oxygen atoms in total. The number of benzene rings is 2. The molecule has 1 fully saturated rings. The number of likely N-dealkylation sites (tertiary alicyclic amines) is 1. The van der Waals surface area contributed by atoms with Gasteiger partial charge in [-0.25, -0.2) is 8.42 Å². The molecule has 30 heavy (non-hydrogen) atoms. The number of amides is 1. The fourth-order valence-electron chi connectivity index (χ4n) is 3.79. The standard InChI is InChI=1S/C23H24N2O4S/c1-29-20-8-10-21(11-9-20)30(27,28)22-12-16-25(17-13-22)23(26)18-4-6-19(7-5-18)24-14-2-3-15-24/h2-11,14-15,22H,12-13,16-17H2,1H3. The lowest BCUT2D eigenvalue weighted by molar-refractivity contribution is 0.0725. The predicted molar refractivity (Wildman–Crippen MR) is 115 cm³/mol. The summed E-state index contributed by atoms with van der Waals surface area (Å²) in [5.74, 6) is 0.562. The first kappa shape index (κ1) is 20.2. The van der Waals surface area contributed by atoms with E-state index in [0.717, 1.165) is 5.69 Å². The lowest BCUT2D eigenvalue weighted by Crippen LogP contribution is -2.42. The Hall–Kier alpha value is -3.06. The van der Waals surface area contributed by atoms with Gasteiger partial charge in [0.15, 0.2) is 9.84 Å². The second kappa shape index (κ2) is 8.36. The zero-order valence-electron chi connectivity index (χ0n) is 16.8. The van der Waals surface area contributed by atoms with Gasteiger partial charge >= 0.3 is 0 Å². The molecule has 2 aromatic carbocycles. The summed E-state index contributed by atoms with van der Waals surface area (Å²) >= 11 is 0.